The van der Waals surface area contributed by atoms with Crippen LogP contribution in [0.4, 0.5) is 5.69 Å². The fraction of sp³-hybridized carbons (Fsp3) is 0. The van der Waals surface area contributed by atoms with Gasteiger partial charge in [-0.1, -0.05) is 41.9 Å². The van der Waals surface area contributed by atoms with Gasteiger partial charge >= 0.3 is 0 Å². The van der Waals surface area contributed by atoms with Crippen LogP contribution < -0.4 is 9.64 Å². The van der Waals surface area contributed by atoms with Gasteiger partial charge in [0, 0.05) is 0 Å². The van der Waals surface area contributed by atoms with E-state index in [1.807, 2.05) is 30.3 Å². The number of carbonyl (C=O) groups excluding carboxylic acids is 2. The average Bonchev–Trinajstić information content (AvgIpc) is 2.89. The van der Waals surface area contributed by atoms with Gasteiger partial charge in [-0.25, -0.2) is 4.90 Å². The number of para-hydroxylation sites is 1. The van der Waals surface area contributed by atoms with Gasteiger partial charge in [0.1, 0.15) is 11.5 Å². The first-order valence-corrected chi connectivity index (χ1v) is 8.03. The van der Waals surface area contributed by atoms with Crippen LogP contribution in [0, 0.1) is 0 Å². The maximum Gasteiger partial charge on any atom is 0.266 e. The molecule has 0 saturated heterocycles. The highest BCUT2D eigenvalue weighted by Crippen LogP contribution is 2.35. The molecule has 4 rings (SSSR count). The molecule has 1 heterocycles. The standard InChI is InChI=1S/C20H12ClNO3/c21-17-12-13(10-11-18(17)25-14-6-2-1-3-7-14)22-19(23)15-8-4-5-9-16(15)20(22)24/h1-12H. The molecule has 4 nitrogen and oxygen atoms in total. The van der Waals surface area contributed by atoms with E-state index in [-0.39, 0.29) is 11.8 Å². The molecule has 0 aliphatic carbocycles. The summed E-state index contributed by atoms with van der Waals surface area (Å²) in [5.41, 5.74) is 1.21. The number of carbonyl (C=O) groups is 2. The predicted molar refractivity (Wildman–Crippen MR) is 95.6 cm³/mol. The maximum absolute atomic E-state index is 12.5. The van der Waals surface area contributed by atoms with Gasteiger partial charge in [0.15, 0.2) is 0 Å². The van der Waals surface area contributed by atoms with Crippen LogP contribution in [0.15, 0.2) is 72.8 Å². The summed E-state index contributed by atoms with van der Waals surface area (Å²) in [5.74, 6) is 0.396. The van der Waals surface area contributed by atoms with Crippen molar-refractivity contribution in [2.75, 3.05) is 4.90 Å². The zero-order valence-corrected chi connectivity index (χ0v) is 13.7. The summed E-state index contributed by atoms with van der Waals surface area (Å²) in [7, 11) is 0. The predicted octanol–water partition coefficient (Wildman–Crippen LogP) is 4.93. The molecule has 1 aliphatic heterocycles. The molecule has 0 atom stereocenters. The SMILES string of the molecule is O=C1c2ccccc2C(=O)N1c1ccc(Oc2ccccc2)c(Cl)c1. The molecule has 25 heavy (non-hydrogen) atoms. The van der Waals surface area contributed by atoms with Gasteiger partial charge in [-0.05, 0) is 42.5 Å². The Morgan fingerprint density at radius 1 is 0.760 bits per heavy atom. The lowest BCUT2D eigenvalue weighted by atomic mass is 10.1. The van der Waals surface area contributed by atoms with E-state index in [0.29, 0.717) is 33.3 Å². The Morgan fingerprint density at radius 3 is 1.96 bits per heavy atom. The summed E-state index contributed by atoms with van der Waals surface area (Å²) in [5, 5.41) is 0.318. The number of anilines is 1. The Labute approximate surface area is 149 Å². The normalized spacial score (nSPS) is 13.1. The summed E-state index contributed by atoms with van der Waals surface area (Å²) in [6.07, 6.45) is 0. The van der Waals surface area contributed by atoms with Gasteiger partial charge in [0.25, 0.3) is 11.8 Å². The van der Waals surface area contributed by atoms with Crippen LogP contribution in [-0.2, 0) is 0 Å². The van der Waals surface area contributed by atoms with E-state index in [0.717, 1.165) is 4.90 Å². The number of halogens is 1. The molecular formula is C20H12ClNO3. The highest BCUT2D eigenvalue weighted by molar-refractivity contribution is 6.36. The topological polar surface area (TPSA) is 46.6 Å². The second-order valence-electron chi connectivity index (χ2n) is 5.52. The number of nitrogens with zero attached hydrogens (tertiary/aromatic N) is 1. The molecular weight excluding hydrogens is 338 g/mol. The fourth-order valence-corrected chi connectivity index (χ4v) is 2.96. The number of ether oxygens (including phenoxy) is 1. The monoisotopic (exact) mass is 349 g/mol. The molecule has 1 aliphatic rings. The Morgan fingerprint density at radius 2 is 1.36 bits per heavy atom. The van der Waals surface area contributed by atoms with Crippen LogP contribution in [0.3, 0.4) is 0 Å². The minimum atomic E-state index is -0.353. The fourth-order valence-electron chi connectivity index (χ4n) is 2.75. The van der Waals surface area contributed by atoms with Crippen molar-refractivity contribution in [2.24, 2.45) is 0 Å². The number of benzene rings is 3. The first kappa shape index (κ1) is 15.4. The summed E-state index contributed by atoms with van der Waals surface area (Å²) in [6, 6.07) is 20.8. The van der Waals surface area contributed by atoms with E-state index < -0.39 is 0 Å². The lowest BCUT2D eigenvalue weighted by Crippen LogP contribution is -2.29. The molecule has 5 heteroatoms. The van der Waals surface area contributed by atoms with E-state index in [2.05, 4.69) is 0 Å². The minimum Gasteiger partial charge on any atom is -0.456 e. The van der Waals surface area contributed by atoms with E-state index in [9.17, 15) is 9.59 Å². The van der Waals surface area contributed by atoms with Crippen molar-refractivity contribution < 1.29 is 14.3 Å². The molecule has 0 aromatic heterocycles. The largest absolute Gasteiger partial charge is 0.456 e. The van der Waals surface area contributed by atoms with Crippen molar-refractivity contribution in [2.45, 2.75) is 0 Å². The number of imide groups is 1. The van der Waals surface area contributed by atoms with Gasteiger partial charge in [-0.2, -0.15) is 0 Å². The molecule has 0 bridgehead atoms. The number of fused-ring (bicyclic) bond motifs is 1. The quantitative estimate of drug-likeness (QED) is 0.630. The molecule has 0 saturated carbocycles. The highest BCUT2D eigenvalue weighted by atomic mass is 35.5. The smallest absolute Gasteiger partial charge is 0.266 e. The molecule has 3 aromatic carbocycles. The summed E-state index contributed by atoms with van der Waals surface area (Å²) in [4.78, 5) is 26.2. The van der Waals surface area contributed by atoms with Crippen LogP contribution in [0.1, 0.15) is 20.7 Å². The Bertz CT molecular complexity index is 950. The first-order chi connectivity index (χ1) is 12.1. The zero-order valence-electron chi connectivity index (χ0n) is 13.0. The average molecular weight is 350 g/mol. The van der Waals surface area contributed by atoms with Crippen molar-refractivity contribution in [3.05, 3.63) is 88.9 Å². The van der Waals surface area contributed by atoms with Gasteiger partial charge < -0.3 is 4.74 Å². The van der Waals surface area contributed by atoms with E-state index >= 15 is 0 Å². The van der Waals surface area contributed by atoms with Crippen molar-refractivity contribution >= 4 is 29.1 Å². The van der Waals surface area contributed by atoms with Crippen LogP contribution in [0.25, 0.3) is 0 Å². The van der Waals surface area contributed by atoms with Gasteiger partial charge in [-0.15, -0.1) is 0 Å². The lowest BCUT2D eigenvalue weighted by molar-refractivity contribution is 0.0926. The Hall–Kier alpha value is -3.11. The Kier molecular flexibility index (Phi) is 3.75. The van der Waals surface area contributed by atoms with E-state index in [4.69, 9.17) is 16.3 Å². The lowest BCUT2D eigenvalue weighted by Gasteiger charge is -2.15. The van der Waals surface area contributed by atoms with Gasteiger partial charge in [0.2, 0.25) is 0 Å². The van der Waals surface area contributed by atoms with Crippen molar-refractivity contribution in [1.29, 1.82) is 0 Å². The third kappa shape index (κ3) is 2.66. The van der Waals surface area contributed by atoms with Crippen LogP contribution >= 0.6 is 11.6 Å². The third-order valence-electron chi connectivity index (χ3n) is 3.94. The molecule has 0 N–H and O–H groups in total. The second-order valence-corrected chi connectivity index (χ2v) is 5.93. The Balaban J connectivity index is 1.66. The van der Waals surface area contributed by atoms with E-state index in [1.165, 1.54) is 0 Å². The molecule has 0 fully saturated rings. The molecule has 122 valence electrons. The second kappa shape index (κ2) is 6.07. The molecule has 0 spiro atoms. The summed E-state index contributed by atoms with van der Waals surface area (Å²) < 4.78 is 5.72. The molecule has 2 amide bonds. The molecule has 0 radical (unpaired) electrons. The van der Waals surface area contributed by atoms with E-state index in [1.54, 1.807) is 42.5 Å². The van der Waals surface area contributed by atoms with Crippen LogP contribution in [0.2, 0.25) is 5.02 Å². The molecule has 0 unspecified atom stereocenters. The third-order valence-corrected chi connectivity index (χ3v) is 4.23. The van der Waals surface area contributed by atoms with Gasteiger partial charge in [0.05, 0.1) is 21.8 Å². The number of amides is 2. The number of hydrogen-bond donors (Lipinski definition) is 0. The maximum atomic E-state index is 12.5. The van der Waals surface area contributed by atoms with Gasteiger partial charge in [-0.3, -0.25) is 9.59 Å². The van der Waals surface area contributed by atoms with Crippen molar-refractivity contribution in [3.63, 3.8) is 0 Å². The summed E-state index contributed by atoms with van der Waals surface area (Å²) >= 11 is 6.29. The molecule has 3 aromatic rings. The van der Waals surface area contributed by atoms with Crippen molar-refractivity contribution in [3.8, 4) is 11.5 Å². The zero-order chi connectivity index (χ0) is 17.4. The van der Waals surface area contributed by atoms with Crippen LogP contribution in [0.5, 0.6) is 11.5 Å². The van der Waals surface area contributed by atoms with Crippen molar-refractivity contribution in [1.82, 2.24) is 0 Å². The van der Waals surface area contributed by atoms with Crippen LogP contribution in [-0.4, -0.2) is 11.8 Å². The minimum absolute atomic E-state index is 0.318. The highest BCUT2D eigenvalue weighted by Gasteiger charge is 2.36. The summed E-state index contributed by atoms with van der Waals surface area (Å²) in [6.45, 7) is 0. The number of hydrogen-bond acceptors (Lipinski definition) is 3. The first-order valence-electron chi connectivity index (χ1n) is 7.65. The number of rotatable bonds is 3.